The average Bonchev–Trinajstić information content (AvgIpc) is 2.15. The van der Waals surface area contributed by atoms with E-state index in [0.717, 1.165) is 12.7 Å². The largest absolute Gasteiger partial charge is 0.465 e. The maximum absolute atomic E-state index is 13.2. The molecule has 0 atom stereocenters. The minimum absolute atomic E-state index is 0.422. The van der Waals surface area contributed by atoms with Gasteiger partial charge in [-0.1, -0.05) is 29.8 Å². The summed E-state index contributed by atoms with van der Waals surface area (Å²) in [6, 6.07) is 6.67. The predicted molar refractivity (Wildman–Crippen MR) is 51.8 cm³/mol. The lowest BCUT2D eigenvalue weighted by molar-refractivity contribution is -0.168. The number of esters is 1. The van der Waals surface area contributed by atoms with Crippen LogP contribution in [-0.2, 0) is 16.0 Å². The van der Waals surface area contributed by atoms with Crippen LogP contribution in [0.25, 0.3) is 0 Å². The SMILES string of the molecule is COC(=O)C(F)(F)Cc1cccc(C)c1. The number of aryl methyl sites for hydroxylation is 1. The molecule has 4 heteroatoms. The Bertz CT molecular complexity index is 361. The first-order valence-corrected chi connectivity index (χ1v) is 4.47. The summed E-state index contributed by atoms with van der Waals surface area (Å²) < 4.78 is 30.3. The molecule has 0 fully saturated rings. The van der Waals surface area contributed by atoms with Crippen LogP contribution in [0.3, 0.4) is 0 Å². The number of ether oxygens (including phenoxy) is 1. The predicted octanol–water partition coefficient (Wildman–Crippen LogP) is 2.35. The highest BCUT2D eigenvalue weighted by atomic mass is 19.3. The third kappa shape index (κ3) is 3.01. The van der Waals surface area contributed by atoms with Gasteiger partial charge in [0.2, 0.25) is 0 Å². The van der Waals surface area contributed by atoms with E-state index >= 15 is 0 Å². The van der Waals surface area contributed by atoms with Gasteiger partial charge in [-0.15, -0.1) is 0 Å². The fourth-order valence-corrected chi connectivity index (χ4v) is 1.30. The highest BCUT2D eigenvalue weighted by Gasteiger charge is 2.40. The zero-order valence-electron chi connectivity index (χ0n) is 8.59. The van der Waals surface area contributed by atoms with Gasteiger partial charge in [-0.3, -0.25) is 0 Å². The van der Waals surface area contributed by atoms with Crippen LogP contribution >= 0.6 is 0 Å². The number of methoxy groups -OCH3 is 1. The Morgan fingerprint density at radius 2 is 2.13 bits per heavy atom. The lowest BCUT2D eigenvalue weighted by Gasteiger charge is -2.13. The first kappa shape index (κ1) is 11.6. The zero-order valence-corrected chi connectivity index (χ0v) is 8.59. The van der Waals surface area contributed by atoms with Gasteiger partial charge in [-0.05, 0) is 12.5 Å². The molecule has 0 saturated heterocycles. The molecule has 2 nitrogen and oxygen atoms in total. The molecular weight excluding hydrogens is 202 g/mol. The lowest BCUT2D eigenvalue weighted by Crippen LogP contribution is -2.32. The Labute approximate surface area is 86.9 Å². The number of carbonyl (C=O) groups is 1. The molecule has 0 spiro atoms. The first-order valence-electron chi connectivity index (χ1n) is 4.47. The Hall–Kier alpha value is -1.45. The van der Waals surface area contributed by atoms with E-state index in [1.54, 1.807) is 31.2 Å². The Balaban J connectivity index is 2.81. The zero-order chi connectivity index (χ0) is 11.5. The van der Waals surface area contributed by atoms with Crippen LogP contribution in [0.2, 0.25) is 0 Å². The van der Waals surface area contributed by atoms with Crippen LogP contribution in [0.15, 0.2) is 24.3 Å². The summed E-state index contributed by atoms with van der Waals surface area (Å²) in [7, 11) is 0.951. The summed E-state index contributed by atoms with van der Waals surface area (Å²) in [5.74, 6) is -4.95. The van der Waals surface area contributed by atoms with E-state index in [-0.39, 0.29) is 0 Å². The van der Waals surface area contributed by atoms with E-state index in [1.807, 2.05) is 0 Å². The molecule has 0 aliphatic heterocycles. The summed E-state index contributed by atoms with van der Waals surface area (Å²) in [5, 5.41) is 0. The van der Waals surface area contributed by atoms with Crippen molar-refractivity contribution in [3.05, 3.63) is 35.4 Å². The number of benzene rings is 1. The molecule has 0 radical (unpaired) electrons. The van der Waals surface area contributed by atoms with Crippen molar-refractivity contribution in [2.75, 3.05) is 7.11 Å². The van der Waals surface area contributed by atoms with E-state index in [4.69, 9.17) is 0 Å². The molecule has 0 N–H and O–H groups in total. The van der Waals surface area contributed by atoms with E-state index in [0.29, 0.717) is 5.56 Å². The van der Waals surface area contributed by atoms with Gasteiger partial charge in [-0.2, -0.15) is 8.78 Å². The standard InChI is InChI=1S/C11H12F2O2/c1-8-4-3-5-9(6-8)7-11(12,13)10(14)15-2/h3-6H,7H2,1-2H3. The fraction of sp³-hybridized carbons (Fsp3) is 0.364. The van der Waals surface area contributed by atoms with Gasteiger partial charge in [0.1, 0.15) is 0 Å². The summed E-state index contributed by atoms with van der Waals surface area (Å²) in [6.45, 7) is 1.81. The van der Waals surface area contributed by atoms with Crippen LogP contribution in [0.4, 0.5) is 8.78 Å². The molecule has 82 valence electrons. The Morgan fingerprint density at radius 3 is 2.67 bits per heavy atom. The van der Waals surface area contributed by atoms with E-state index in [9.17, 15) is 13.6 Å². The number of hydrogen-bond acceptors (Lipinski definition) is 2. The van der Waals surface area contributed by atoms with Crippen molar-refractivity contribution in [2.24, 2.45) is 0 Å². The molecule has 0 unspecified atom stereocenters. The molecule has 0 amide bonds. The van der Waals surface area contributed by atoms with Gasteiger partial charge in [-0.25, -0.2) is 4.79 Å². The van der Waals surface area contributed by atoms with Gasteiger partial charge in [0, 0.05) is 6.42 Å². The second kappa shape index (κ2) is 4.38. The van der Waals surface area contributed by atoms with Gasteiger partial charge in [0.15, 0.2) is 0 Å². The van der Waals surface area contributed by atoms with Crippen LogP contribution in [0.5, 0.6) is 0 Å². The quantitative estimate of drug-likeness (QED) is 0.722. The minimum atomic E-state index is -3.46. The third-order valence-electron chi connectivity index (χ3n) is 1.99. The Kier molecular flexibility index (Phi) is 3.39. The van der Waals surface area contributed by atoms with Crippen LogP contribution in [0, 0.1) is 6.92 Å². The molecule has 0 aliphatic carbocycles. The van der Waals surface area contributed by atoms with E-state index in [1.165, 1.54) is 0 Å². The minimum Gasteiger partial charge on any atom is -0.465 e. The average molecular weight is 214 g/mol. The van der Waals surface area contributed by atoms with Crippen molar-refractivity contribution in [1.29, 1.82) is 0 Å². The maximum atomic E-state index is 13.2. The second-order valence-electron chi connectivity index (χ2n) is 3.36. The fourth-order valence-electron chi connectivity index (χ4n) is 1.30. The molecule has 15 heavy (non-hydrogen) atoms. The molecule has 1 aromatic carbocycles. The highest BCUT2D eigenvalue weighted by molar-refractivity contribution is 5.77. The number of hydrogen-bond donors (Lipinski definition) is 0. The smallest absolute Gasteiger partial charge is 0.377 e. The van der Waals surface area contributed by atoms with Crippen molar-refractivity contribution >= 4 is 5.97 Å². The summed E-state index contributed by atoms with van der Waals surface area (Å²) in [6.07, 6.45) is -0.624. The van der Waals surface area contributed by atoms with Gasteiger partial charge >= 0.3 is 11.9 Å². The molecular formula is C11H12F2O2. The van der Waals surface area contributed by atoms with Crippen LogP contribution < -0.4 is 0 Å². The molecule has 0 heterocycles. The molecule has 1 rings (SSSR count). The normalized spacial score (nSPS) is 11.2. The van der Waals surface area contributed by atoms with Crippen molar-refractivity contribution in [2.45, 2.75) is 19.3 Å². The summed E-state index contributed by atoms with van der Waals surface area (Å²) in [5.41, 5.74) is 1.30. The van der Waals surface area contributed by atoms with Crippen molar-refractivity contribution in [3.8, 4) is 0 Å². The number of alkyl halides is 2. The van der Waals surface area contributed by atoms with Crippen molar-refractivity contribution in [1.82, 2.24) is 0 Å². The first-order chi connectivity index (χ1) is 6.95. The van der Waals surface area contributed by atoms with Crippen LogP contribution in [0.1, 0.15) is 11.1 Å². The topological polar surface area (TPSA) is 26.3 Å². The van der Waals surface area contributed by atoms with E-state index in [2.05, 4.69) is 4.74 Å². The van der Waals surface area contributed by atoms with Crippen LogP contribution in [-0.4, -0.2) is 19.0 Å². The van der Waals surface area contributed by atoms with Gasteiger partial charge in [0.25, 0.3) is 0 Å². The third-order valence-corrected chi connectivity index (χ3v) is 1.99. The Morgan fingerprint density at radius 1 is 1.47 bits per heavy atom. The molecule has 0 bridgehead atoms. The summed E-state index contributed by atoms with van der Waals surface area (Å²) >= 11 is 0. The second-order valence-corrected chi connectivity index (χ2v) is 3.36. The highest BCUT2D eigenvalue weighted by Crippen LogP contribution is 2.21. The van der Waals surface area contributed by atoms with Gasteiger partial charge in [0.05, 0.1) is 7.11 Å². The van der Waals surface area contributed by atoms with Gasteiger partial charge < -0.3 is 4.74 Å². The summed E-state index contributed by atoms with van der Waals surface area (Å²) in [4.78, 5) is 10.8. The molecule has 0 aromatic heterocycles. The number of halogens is 2. The molecule has 0 aliphatic rings. The number of rotatable bonds is 3. The maximum Gasteiger partial charge on any atom is 0.377 e. The molecule has 1 aromatic rings. The number of carbonyl (C=O) groups excluding carboxylic acids is 1. The van der Waals surface area contributed by atoms with Crippen molar-refractivity contribution in [3.63, 3.8) is 0 Å². The molecule has 0 saturated carbocycles. The van der Waals surface area contributed by atoms with E-state index < -0.39 is 18.3 Å². The van der Waals surface area contributed by atoms with Crippen molar-refractivity contribution < 1.29 is 18.3 Å². The lowest BCUT2D eigenvalue weighted by atomic mass is 10.1. The monoisotopic (exact) mass is 214 g/mol.